The van der Waals surface area contributed by atoms with Crippen LogP contribution in [-0.4, -0.2) is 36.5 Å². The summed E-state index contributed by atoms with van der Waals surface area (Å²) in [5.74, 6) is 0.0804. The number of amides is 1. The van der Waals surface area contributed by atoms with Crippen LogP contribution in [0.5, 0.6) is 0 Å². The van der Waals surface area contributed by atoms with E-state index in [0.717, 1.165) is 5.56 Å². The van der Waals surface area contributed by atoms with E-state index < -0.39 is 15.7 Å². The Hall–Kier alpha value is -1.44. The zero-order valence-electron chi connectivity index (χ0n) is 13.6. The van der Waals surface area contributed by atoms with Gasteiger partial charge in [-0.1, -0.05) is 17.7 Å². The van der Waals surface area contributed by atoms with Crippen molar-refractivity contribution in [2.24, 2.45) is 0 Å². The summed E-state index contributed by atoms with van der Waals surface area (Å²) in [7, 11) is -4.02. The number of carbonyl (C=O) groups excluding carboxylic acids is 1. The van der Waals surface area contributed by atoms with Gasteiger partial charge in [-0.15, -0.1) is 0 Å². The quantitative estimate of drug-likeness (QED) is 0.679. The number of aryl methyl sites for hydroxylation is 1. The fourth-order valence-corrected chi connectivity index (χ4v) is 2.66. The molecule has 0 unspecified atom stereocenters. The number of carbonyl (C=O) groups is 1. The van der Waals surface area contributed by atoms with Crippen LogP contribution in [0.25, 0.3) is 0 Å². The molecule has 0 radical (unpaired) electrons. The number of hydrogen-bond acceptors (Lipinski definition) is 4. The molecule has 1 heterocycles. The van der Waals surface area contributed by atoms with Gasteiger partial charge in [0.05, 0.1) is 10.4 Å². The van der Waals surface area contributed by atoms with Crippen molar-refractivity contribution < 1.29 is 17.8 Å². The van der Waals surface area contributed by atoms with Crippen molar-refractivity contribution in [3.63, 3.8) is 0 Å². The van der Waals surface area contributed by atoms with Crippen molar-refractivity contribution in [2.45, 2.75) is 50.6 Å². The highest BCUT2D eigenvalue weighted by molar-refractivity contribution is 7.85. The van der Waals surface area contributed by atoms with Crippen LogP contribution < -0.4 is 10.6 Å². The molecular weight excluding hydrogens is 304 g/mol. The highest BCUT2D eigenvalue weighted by atomic mass is 32.2. The first-order chi connectivity index (χ1) is 9.83. The highest BCUT2D eigenvalue weighted by Crippen LogP contribution is 2.15. The number of benzene rings is 1. The Morgan fingerprint density at radius 1 is 1.09 bits per heavy atom. The van der Waals surface area contributed by atoms with Crippen LogP contribution in [0, 0.1) is 6.92 Å². The summed E-state index contributed by atoms with van der Waals surface area (Å²) in [5.41, 5.74) is 0.538. The molecule has 6 nitrogen and oxygen atoms in total. The minimum Gasteiger partial charge on any atom is -0.353 e. The van der Waals surface area contributed by atoms with Crippen LogP contribution in [-0.2, 0) is 14.9 Å². The Bertz CT molecular complexity index is 634. The maximum absolute atomic E-state index is 11.2. The first-order valence-corrected chi connectivity index (χ1v) is 8.39. The van der Waals surface area contributed by atoms with E-state index in [-0.39, 0.29) is 16.3 Å². The molecule has 1 amide bonds. The molecule has 1 aliphatic rings. The molecule has 0 spiro atoms. The summed E-state index contributed by atoms with van der Waals surface area (Å²) >= 11 is 0. The van der Waals surface area contributed by atoms with Gasteiger partial charge >= 0.3 is 0 Å². The van der Waals surface area contributed by atoms with Crippen LogP contribution in [0.2, 0.25) is 0 Å². The summed E-state index contributed by atoms with van der Waals surface area (Å²) in [6.07, 6.45) is 0. The standard InChI is InChI=1S/C8H16N2O.C7H8O3S/c1-7(2)5-9-6(11)8(3,4)10-7;1-6-2-4-7(5-3-6)11(8,9)10/h10H,5H2,1-4H3,(H,9,11);2-5H,1H3,(H,8,9,10). The normalized spacial score (nSPS) is 19.6. The Balaban J connectivity index is 0.000000220. The second-order valence-corrected chi connectivity index (χ2v) is 8.03. The van der Waals surface area contributed by atoms with E-state index in [1.54, 1.807) is 12.1 Å². The van der Waals surface area contributed by atoms with Gasteiger partial charge in [0, 0.05) is 12.1 Å². The van der Waals surface area contributed by atoms with Gasteiger partial charge in [-0.05, 0) is 46.8 Å². The third-order valence-electron chi connectivity index (χ3n) is 3.23. The molecule has 1 fully saturated rings. The first kappa shape index (κ1) is 18.6. The summed E-state index contributed by atoms with van der Waals surface area (Å²) in [6, 6.07) is 5.99. The van der Waals surface area contributed by atoms with E-state index in [0.29, 0.717) is 6.54 Å². The van der Waals surface area contributed by atoms with Crippen LogP contribution in [0.1, 0.15) is 33.3 Å². The van der Waals surface area contributed by atoms with Crippen LogP contribution in [0.4, 0.5) is 0 Å². The molecule has 1 aromatic rings. The number of hydrogen-bond donors (Lipinski definition) is 3. The van der Waals surface area contributed by atoms with Crippen LogP contribution in [0.3, 0.4) is 0 Å². The fraction of sp³-hybridized carbons (Fsp3) is 0.533. The maximum Gasteiger partial charge on any atom is 0.294 e. The summed E-state index contributed by atoms with van der Waals surface area (Å²) in [4.78, 5) is 11.2. The van der Waals surface area contributed by atoms with E-state index in [2.05, 4.69) is 24.5 Å². The van der Waals surface area contributed by atoms with Gasteiger partial charge in [-0.2, -0.15) is 8.42 Å². The minimum atomic E-state index is -4.02. The van der Waals surface area contributed by atoms with Crippen LogP contribution in [0.15, 0.2) is 29.2 Å². The molecular formula is C15H24N2O4S. The average molecular weight is 328 g/mol. The Kier molecular flexibility index (Phi) is 5.38. The lowest BCUT2D eigenvalue weighted by Crippen LogP contribution is -2.68. The smallest absolute Gasteiger partial charge is 0.294 e. The third-order valence-corrected chi connectivity index (χ3v) is 4.10. The fourth-order valence-electron chi connectivity index (χ4n) is 2.18. The topological polar surface area (TPSA) is 95.5 Å². The SMILES string of the molecule is CC1(C)CNC(=O)C(C)(C)N1.Cc1ccc(S(=O)(=O)O)cc1. The highest BCUT2D eigenvalue weighted by Gasteiger charge is 2.38. The number of nitrogens with one attached hydrogen (secondary N) is 2. The number of rotatable bonds is 1. The Morgan fingerprint density at radius 3 is 1.95 bits per heavy atom. The molecule has 22 heavy (non-hydrogen) atoms. The molecule has 2 rings (SSSR count). The molecule has 0 atom stereocenters. The van der Waals surface area contributed by atoms with Gasteiger partial charge in [0.25, 0.3) is 10.1 Å². The van der Waals surface area contributed by atoms with Crippen molar-refractivity contribution in [3.05, 3.63) is 29.8 Å². The average Bonchev–Trinajstić information content (AvgIpc) is 2.33. The lowest BCUT2D eigenvalue weighted by atomic mass is 9.92. The molecule has 1 aliphatic heterocycles. The van der Waals surface area contributed by atoms with Gasteiger partial charge in [0.15, 0.2) is 0 Å². The second-order valence-electron chi connectivity index (χ2n) is 6.60. The van der Waals surface area contributed by atoms with E-state index in [4.69, 9.17) is 4.55 Å². The van der Waals surface area contributed by atoms with Crippen molar-refractivity contribution in [1.29, 1.82) is 0 Å². The lowest BCUT2D eigenvalue weighted by Gasteiger charge is -2.41. The monoisotopic (exact) mass is 328 g/mol. The molecule has 0 aliphatic carbocycles. The molecule has 7 heteroatoms. The third kappa shape index (κ3) is 5.40. The predicted molar refractivity (Wildman–Crippen MR) is 85.3 cm³/mol. The zero-order valence-corrected chi connectivity index (χ0v) is 14.4. The summed E-state index contributed by atoms with van der Waals surface area (Å²) < 4.78 is 29.6. The Labute approximate surface area is 132 Å². The van der Waals surface area contributed by atoms with Gasteiger partial charge in [0.1, 0.15) is 0 Å². The summed E-state index contributed by atoms with van der Waals surface area (Å²) in [6.45, 7) is 10.5. The predicted octanol–water partition coefficient (Wildman–Crippen LogP) is 1.50. The Morgan fingerprint density at radius 2 is 1.59 bits per heavy atom. The van der Waals surface area contributed by atoms with E-state index in [9.17, 15) is 13.2 Å². The number of piperazine rings is 1. The van der Waals surface area contributed by atoms with Crippen LogP contribution >= 0.6 is 0 Å². The second kappa shape index (κ2) is 6.36. The molecule has 0 saturated carbocycles. The van der Waals surface area contributed by atoms with Crippen molar-refractivity contribution in [2.75, 3.05) is 6.54 Å². The zero-order chi connectivity index (χ0) is 17.2. The van der Waals surface area contributed by atoms with Gasteiger partial charge < -0.3 is 5.32 Å². The summed E-state index contributed by atoms with van der Waals surface area (Å²) in [5, 5.41) is 6.13. The van der Waals surface area contributed by atoms with Gasteiger partial charge in [-0.3, -0.25) is 14.7 Å². The van der Waals surface area contributed by atoms with Crippen molar-refractivity contribution >= 4 is 16.0 Å². The molecule has 124 valence electrons. The largest absolute Gasteiger partial charge is 0.353 e. The van der Waals surface area contributed by atoms with Crippen molar-refractivity contribution in [1.82, 2.24) is 10.6 Å². The maximum atomic E-state index is 11.2. The van der Waals surface area contributed by atoms with E-state index >= 15 is 0 Å². The van der Waals surface area contributed by atoms with Gasteiger partial charge in [0.2, 0.25) is 5.91 Å². The molecule has 0 aromatic heterocycles. The first-order valence-electron chi connectivity index (χ1n) is 6.95. The molecule has 3 N–H and O–H groups in total. The van der Waals surface area contributed by atoms with E-state index in [1.807, 2.05) is 20.8 Å². The molecule has 1 aromatic carbocycles. The molecule has 1 saturated heterocycles. The molecule has 0 bridgehead atoms. The minimum absolute atomic E-state index is 0.0113. The van der Waals surface area contributed by atoms with E-state index in [1.165, 1.54) is 12.1 Å². The van der Waals surface area contributed by atoms with Crippen molar-refractivity contribution in [3.8, 4) is 0 Å². The van der Waals surface area contributed by atoms with Gasteiger partial charge in [-0.25, -0.2) is 0 Å². The lowest BCUT2D eigenvalue weighted by molar-refractivity contribution is -0.129.